The highest BCUT2D eigenvalue weighted by atomic mass is 32.1. The minimum atomic E-state index is -0.216. The van der Waals surface area contributed by atoms with Gasteiger partial charge >= 0.3 is 0 Å². The summed E-state index contributed by atoms with van der Waals surface area (Å²) in [7, 11) is 0. The fourth-order valence-corrected chi connectivity index (χ4v) is 3.50. The van der Waals surface area contributed by atoms with Gasteiger partial charge in [0.15, 0.2) is 4.77 Å². The van der Waals surface area contributed by atoms with E-state index in [1.54, 1.807) is 12.1 Å². The second-order valence-electron chi connectivity index (χ2n) is 5.94. The maximum absolute atomic E-state index is 12.6. The van der Waals surface area contributed by atoms with E-state index in [0.717, 1.165) is 12.8 Å². The number of benzene rings is 1. The Morgan fingerprint density at radius 1 is 1.27 bits per heavy atom. The van der Waals surface area contributed by atoms with Crippen LogP contribution in [0.3, 0.4) is 0 Å². The van der Waals surface area contributed by atoms with E-state index in [9.17, 15) is 9.59 Å². The molecule has 2 heterocycles. The first-order valence-electron chi connectivity index (χ1n) is 7.52. The molecule has 0 aliphatic carbocycles. The van der Waals surface area contributed by atoms with Crippen molar-refractivity contribution in [2.75, 3.05) is 0 Å². The van der Waals surface area contributed by atoms with E-state index in [2.05, 4.69) is 4.98 Å². The molecule has 0 saturated carbocycles. The van der Waals surface area contributed by atoms with Crippen LogP contribution in [0.5, 0.6) is 0 Å². The maximum Gasteiger partial charge on any atom is 0.262 e. The Labute approximate surface area is 133 Å². The average Bonchev–Trinajstić information content (AvgIpc) is 2.82. The highest BCUT2D eigenvalue weighted by Crippen LogP contribution is 2.23. The van der Waals surface area contributed by atoms with Crippen LogP contribution in [0.25, 0.3) is 10.9 Å². The predicted octanol–water partition coefficient (Wildman–Crippen LogP) is 2.46. The molecule has 1 aromatic heterocycles. The van der Waals surface area contributed by atoms with Gasteiger partial charge in [-0.1, -0.05) is 12.1 Å². The van der Waals surface area contributed by atoms with E-state index in [0.29, 0.717) is 10.9 Å². The van der Waals surface area contributed by atoms with Crippen LogP contribution in [0.2, 0.25) is 0 Å². The highest BCUT2D eigenvalue weighted by Gasteiger charge is 2.31. The summed E-state index contributed by atoms with van der Waals surface area (Å²) in [6.07, 6.45) is 2.01. The van der Waals surface area contributed by atoms with Crippen molar-refractivity contribution in [3.8, 4) is 0 Å². The summed E-state index contributed by atoms with van der Waals surface area (Å²) in [5.74, 6) is -0.0469. The smallest absolute Gasteiger partial charge is 0.262 e. The van der Waals surface area contributed by atoms with Gasteiger partial charge in [-0.2, -0.15) is 0 Å². The Balaban J connectivity index is 1.99. The second kappa shape index (κ2) is 5.68. The van der Waals surface area contributed by atoms with Crippen LogP contribution in [-0.4, -0.2) is 32.4 Å². The molecule has 1 N–H and O–H groups in total. The number of likely N-dealkylation sites (tertiary alicyclic amines) is 1. The van der Waals surface area contributed by atoms with E-state index < -0.39 is 0 Å². The van der Waals surface area contributed by atoms with Crippen molar-refractivity contribution in [2.24, 2.45) is 0 Å². The third-order valence-electron chi connectivity index (χ3n) is 4.42. The molecule has 22 heavy (non-hydrogen) atoms. The first-order valence-corrected chi connectivity index (χ1v) is 7.93. The molecule has 3 rings (SSSR count). The number of aromatic amines is 1. The summed E-state index contributed by atoms with van der Waals surface area (Å²) in [5.41, 5.74) is 0.483. The van der Waals surface area contributed by atoms with Gasteiger partial charge in [0.25, 0.3) is 5.56 Å². The Morgan fingerprint density at radius 3 is 2.59 bits per heavy atom. The molecule has 1 saturated heterocycles. The normalized spacial score (nSPS) is 21.5. The van der Waals surface area contributed by atoms with Crippen LogP contribution < -0.4 is 5.56 Å². The molecule has 5 nitrogen and oxygen atoms in total. The number of carbonyl (C=O) groups is 1. The van der Waals surface area contributed by atoms with Gasteiger partial charge in [0, 0.05) is 12.1 Å². The quantitative estimate of drug-likeness (QED) is 0.866. The van der Waals surface area contributed by atoms with E-state index in [1.807, 2.05) is 30.9 Å². The van der Waals surface area contributed by atoms with E-state index >= 15 is 0 Å². The van der Waals surface area contributed by atoms with Gasteiger partial charge in [-0.15, -0.1) is 0 Å². The lowest BCUT2D eigenvalue weighted by molar-refractivity contribution is -0.134. The largest absolute Gasteiger partial charge is 0.336 e. The van der Waals surface area contributed by atoms with Gasteiger partial charge in [-0.25, -0.2) is 0 Å². The summed E-state index contributed by atoms with van der Waals surface area (Å²) >= 11 is 5.26. The van der Waals surface area contributed by atoms with Crippen molar-refractivity contribution < 1.29 is 4.79 Å². The minimum Gasteiger partial charge on any atom is -0.336 e. The van der Waals surface area contributed by atoms with E-state index in [1.165, 1.54) is 4.57 Å². The number of H-pyrrole nitrogens is 1. The number of carbonyl (C=O) groups excluding carboxylic acids is 1. The summed E-state index contributed by atoms with van der Waals surface area (Å²) < 4.78 is 1.65. The fourth-order valence-electron chi connectivity index (χ4n) is 3.25. The first kappa shape index (κ1) is 15.0. The second-order valence-corrected chi connectivity index (χ2v) is 6.33. The summed E-state index contributed by atoms with van der Waals surface area (Å²) in [6.45, 7) is 4.09. The van der Waals surface area contributed by atoms with Crippen molar-refractivity contribution in [2.45, 2.75) is 45.3 Å². The number of para-hydroxylation sites is 1. The number of nitrogens with zero attached hydrogens (tertiary/aromatic N) is 2. The predicted molar refractivity (Wildman–Crippen MR) is 88.4 cm³/mol. The molecule has 1 aliphatic heterocycles. The van der Waals surface area contributed by atoms with Gasteiger partial charge in [0.2, 0.25) is 5.91 Å². The molecule has 1 aliphatic rings. The van der Waals surface area contributed by atoms with Gasteiger partial charge in [-0.05, 0) is 51.0 Å². The SMILES string of the molecule is C[C@@H]1CC[C@H](C)N1C(=O)Cn1c(=S)[nH]c2ccccc2c1=O. The number of fused-ring (bicyclic) bond motifs is 1. The number of rotatable bonds is 2. The molecule has 0 bridgehead atoms. The lowest BCUT2D eigenvalue weighted by atomic mass is 10.2. The Morgan fingerprint density at radius 2 is 1.91 bits per heavy atom. The Bertz CT molecular complexity index is 829. The number of hydrogen-bond donors (Lipinski definition) is 1. The standard InChI is InChI=1S/C16H19N3O2S/c1-10-7-8-11(2)19(10)14(20)9-18-15(21)12-5-3-4-6-13(12)17-16(18)22/h3-6,10-11H,7-9H2,1-2H3,(H,17,22)/t10-,11+. The van der Waals surface area contributed by atoms with Crippen LogP contribution in [0.4, 0.5) is 0 Å². The minimum absolute atomic E-state index is 0.00627. The third-order valence-corrected chi connectivity index (χ3v) is 4.75. The fraction of sp³-hybridized carbons (Fsp3) is 0.438. The van der Waals surface area contributed by atoms with Crippen LogP contribution in [0, 0.1) is 4.77 Å². The Kier molecular flexibility index (Phi) is 3.87. The topological polar surface area (TPSA) is 58.1 Å². The van der Waals surface area contributed by atoms with Gasteiger partial charge in [0.05, 0.1) is 10.9 Å². The summed E-state index contributed by atoms with van der Waals surface area (Å²) in [5, 5.41) is 0.548. The van der Waals surface area contributed by atoms with Crippen LogP contribution >= 0.6 is 12.2 Å². The maximum atomic E-state index is 12.6. The molecule has 1 fully saturated rings. The van der Waals surface area contributed by atoms with Crippen molar-refractivity contribution in [1.29, 1.82) is 0 Å². The molecule has 6 heteroatoms. The van der Waals surface area contributed by atoms with E-state index in [4.69, 9.17) is 12.2 Å². The molecule has 0 spiro atoms. The first-order chi connectivity index (χ1) is 10.5. The third kappa shape index (κ3) is 2.47. The zero-order valence-corrected chi connectivity index (χ0v) is 13.5. The highest BCUT2D eigenvalue weighted by molar-refractivity contribution is 7.71. The molecular weight excluding hydrogens is 298 g/mol. The number of amides is 1. The average molecular weight is 317 g/mol. The van der Waals surface area contributed by atoms with Crippen molar-refractivity contribution in [3.63, 3.8) is 0 Å². The van der Waals surface area contributed by atoms with Crippen LogP contribution in [0.1, 0.15) is 26.7 Å². The summed E-state index contributed by atoms with van der Waals surface area (Å²) in [6, 6.07) is 7.63. The molecule has 116 valence electrons. The lowest BCUT2D eigenvalue weighted by Crippen LogP contribution is -2.42. The van der Waals surface area contributed by atoms with E-state index in [-0.39, 0.29) is 34.9 Å². The molecule has 0 unspecified atom stereocenters. The van der Waals surface area contributed by atoms with Crippen LogP contribution in [0.15, 0.2) is 29.1 Å². The number of aromatic nitrogens is 2. The van der Waals surface area contributed by atoms with Crippen molar-refractivity contribution >= 4 is 29.0 Å². The lowest BCUT2D eigenvalue weighted by Gasteiger charge is -2.26. The van der Waals surface area contributed by atoms with Crippen LogP contribution in [-0.2, 0) is 11.3 Å². The summed E-state index contributed by atoms with van der Waals surface area (Å²) in [4.78, 5) is 30.0. The molecular formula is C16H19N3O2S. The van der Waals surface area contributed by atoms with Crippen molar-refractivity contribution in [1.82, 2.24) is 14.5 Å². The number of nitrogens with one attached hydrogen (secondary N) is 1. The number of hydrogen-bond acceptors (Lipinski definition) is 3. The zero-order valence-electron chi connectivity index (χ0n) is 12.7. The Hall–Kier alpha value is -1.95. The molecule has 1 aromatic carbocycles. The monoisotopic (exact) mass is 317 g/mol. The molecule has 2 atom stereocenters. The van der Waals surface area contributed by atoms with Gasteiger partial charge in [-0.3, -0.25) is 14.2 Å². The van der Waals surface area contributed by atoms with Crippen molar-refractivity contribution in [3.05, 3.63) is 39.4 Å². The molecule has 1 amide bonds. The van der Waals surface area contributed by atoms with Gasteiger partial charge in [0.1, 0.15) is 6.54 Å². The zero-order chi connectivity index (χ0) is 15.9. The van der Waals surface area contributed by atoms with Gasteiger partial charge < -0.3 is 9.88 Å². The molecule has 2 aromatic rings. The molecule has 0 radical (unpaired) electrons.